The van der Waals surface area contributed by atoms with Gasteiger partial charge in [0.15, 0.2) is 0 Å². The molecular weight excluding hydrogens is 438 g/mol. The van der Waals surface area contributed by atoms with Crippen LogP contribution in [0.4, 0.5) is 0 Å². The predicted molar refractivity (Wildman–Crippen MR) is 110 cm³/mol. The SMILES string of the molecule is O=C(NCc1ccc(S(=O)(=O)N2CCOCC2)s1)c1cnc(-c2cccs2)s1. The molecule has 4 rings (SSSR count). The number of nitrogens with one attached hydrogen (secondary N) is 1. The van der Waals surface area contributed by atoms with Crippen LogP contribution in [0.5, 0.6) is 0 Å². The average molecular weight is 456 g/mol. The Hall–Kier alpha value is -1.63. The van der Waals surface area contributed by atoms with Gasteiger partial charge in [-0.2, -0.15) is 4.31 Å². The molecule has 3 aromatic heterocycles. The number of hydrogen-bond acceptors (Lipinski definition) is 8. The quantitative estimate of drug-likeness (QED) is 0.617. The molecule has 0 radical (unpaired) electrons. The molecule has 1 saturated heterocycles. The molecule has 1 aliphatic heterocycles. The summed E-state index contributed by atoms with van der Waals surface area (Å²) in [6.45, 7) is 1.83. The van der Waals surface area contributed by atoms with Gasteiger partial charge in [0.1, 0.15) is 14.1 Å². The summed E-state index contributed by atoms with van der Waals surface area (Å²) in [5.74, 6) is -0.216. The maximum atomic E-state index is 12.7. The van der Waals surface area contributed by atoms with Gasteiger partial charge in [-0.1, -0.05) is 6.07 Å². The first-order valence-electron chi connectivity index (χ1n) is 8.48. The maximum Gasteiger partial charge on any atom is 0.263 e. The summed E-state index contributed by atoms with van der Waals surface area (Å²) >= 11 is 4.09. The number of sulfonamides is 1. The van der Waals surface area contributed by atoms with Crippen molar-refractivity contribution in [2.75, 3.05) is 26.3 Å². The predicted octanol–water partition coefficient (Wildman–Crippen LogP) is 2.88. The summed E-state index contributed by atoms with van der Waals surface area (Å²) in [5, 5.41) is 5.62. The highest BCUT2D eigenvalue weighted by molar-refractivity contribution is 7.91. The number of thiazole rings is 1. The molecule has 0 aliphatic carbocycles. The zero-order valence-electron chi connectivity index (χ0n) is 14.7. The van der Waals surface area contributed by atoms with Crippen LogP contribution < -0.4 is 5.32 Å². The number of amides is 1. The third-order valence-electron chi connectivity index (χ3n) is 4.09. The molecule has 0 bridgehead atoms. The third-order valence-corrected chi connectivity index (χ3v) is 9.57. The molecule has 0 spiro atoms. The molecule has 7 nitrogen and oxygen atoms in total. The molecule has 11 heteroatoms. The van der Waals surface area contributed by atoms with E-state index in [-0.39, 0.29) is 16.7 Å². The van der Waals surface area contributed by atoms with E-state index < -0.39 is 10.0 Å². The molecule has 3 aromatic rings. The van der Waals surface area contributed by atoms with Crippen LogP contribution in [0.3, 0.4) is 0 Å². The Balaban J connectivity index is 1.38. The van der Waals surface area contributed by atoms with Crippen molar-refractivity contribution in [2.24, 2.45) is 0 Å². The number of morpholine rings is 1. The number of aromatic nitrogens is 1. The Morgan fingerprint density at radius 2 is 2.04 bits per heavy atom. The highest BCUT2D eigenvalue weighted by atomic mass is 32.2. The summed E-state index contributed by atoms with van der Waals surface area (Å²) in [6.07, 6.45) is 1.57. The lowest BCUT2D eigenvalue weighted by molar-refractivity contribution is 0.0731. The molecule has 0 unspecified atom stereocenters. The summed E-state index contributed by atoms with van der Waals surface area (Å²) in [6, 6.07) is 7.24. The average Bonchev–Trinajstić information content (AvgIpc) is 3.48. The molecule has 0 atom stereocenters. The van der Waals surface area contributed by atoms with E-state index in [4.69, 9.17) is 4.74 Å². The fourth-order valence-corrected chi connectivity index (χ4v) is 7.15. The first-order valence-corrected chi connectivity index (χ1v) is 12.4. The third kappa shape index (κ3) is 4.19. The Bertz CT molecular complexity index is 1050. The van der Waals surface area contributed by atoms with Crippen LogP contribution in [0, 0.1) is 0 Å². The molecule has 1 aliphatic rings. The van der Waals surface area contributed by atoms with Crippen molar-refractivity contribution in [1.82, 2.24) is 14.6 Å². The highest BCUT2D eigenvalue weighted by Crippen LogP contribution is 2.29. The fourth-order valence-electron chi connectivity index (χ4n) is 2.65. The number of ether oxygens (including phenoxy) is 1. The van der Waals surface area contributed by atoms with Crippen LogP contribution in [0.25, 0.3) is 9.88 Å². The monoisotopic (exact) mass is 455 g/mol. The van der Waals surface area contributed by atoms with Crippen molar-refractivity contribution >= 4 is 49.9 Å². The second kappa shape index (κ2) is 8.39. The van der Waals surface area contributed by atoms with Gasteiger partial charge in [0, 0.05) is 18.0 Å². The van der Waals surface area contributed by atoms with Crippen molar-refractivity contribution in [3.63, 3.8) is 0 Å². The van der Waals surface area contributed by atoms with E-state index in [1.807, 2.05) is 17.5 Å². The summed E-state index contributed by atoms with van der Waals surface area (Å²) in [4.78, 5) is 19.0. The number of hydrogen-bond donors (Lipinski definition) is 1. The second-order valence-electron chi connectivity index (χ2n) is 5.93. The standard InChI is InChI=1S/C17H17N3O4S4/c21-16(14-11-19-17(27-14)13-2-1-9-25-13)18-10-12-3-4-15(26-12)28(22,23)20-5-7-24-8-6-20/h1-4,9,11H,5-8,10H2,(H,18,21). The van der Waals surface area contributed by atoms with Crippen molar-refractivity contribution in [3.8, 4) is 9.88 Å². The first kappa shape index (κ1) is 19.7. The van der Waals surface area contributed by atoms with Gasteiger partial charge in [-0.3, -0.25) is 4.79 Å². The van der Waals surface area contributed by atoms with Crippen molar-refractivity contribution < 1.29 is 17.9 Å². The van der Waals surface area contributed by atoms with Crippen molar-refractivity contribution in [1.29, 1.82) is 0 Å². The zero-order valence-corrected chi connectivity index (χ0v) is 17.9. The van der Waals surface area contributed by atoms with E-state index in [0.29, 0.717) is 31.2 Å². The van der Waals surface area contributed by atoms with Crippen LogP contribution in [-0.2, 0) is 21.3 Å². The Morgan fingerprint density at radius 3 is 2.79 bits per heavy atom. The highest BCUT2D eigenvalue weighted by Gasteiger charge is 2.27. The lowest BCUT2D eigenvalue weighted by atomic mass is 10.4. The van der Waals surface area contributed by atoms with Crippen LogP contribution in [0.15, 0.2) is 40.1 Å². The summed E-state index contributed by atoms with van der Waals surface area (Å²) < 4.78 is 32.3. The van der Waals surface area contributed by atoms with Crippen molar-refractivity contribution in [3.05, 3.63) is 45.6 Å². The Morgan fingerprint density at radius 1 is 1.21 bits per heavy atom. The summed E-state index contributed by atoms with van der Waals surface area (Å²) in [5.41, 5.74) is 0. The lowest BCUT2D eigenvalue weighted by Crippen LogP contribution is -2.40. The smallest absolute Gasteiger partial charge is 0.263 e. The molecule has 4 heterocycles. The van der Waals surface area contributed by atoms with Crippen molar-refractivity contribution in [2.45, 2.75) is 10.8 Å². The van der Waals surface area contributed by atoms with Crippen LogP contribution in [0.2, 0.25) is 0 Å². The molecule has 1 fully saturated rings. The van der Waals surface area contributed by atoms with E-state index in [9.17, 15) is 13.2 Å². The normalized spacial score (nSPS) is 15.6. The van der Waals surface area contributed by atoms with Gasteiger partial charge in [0.25, 0.3) is 15.9 Å². The minimum atomic E-state index is -3.50. The number of nitrogens with zero attached hydrogens (tertiary/aromatic N) is 2. The molecular formula is C17H17N3O4S4. The minimum absolute atomic E-state index is 0.216. The largest absolute Gasteiger partial charge is 0.379 e. The Labute approximate surface area is 174 Å². The van der Waals surface area contributed by atoms with E-state index in [1.54, 1.807) is 29.7 Å². The van der Waals surface area contributed by atoms with Crippen LogP contribution in [-0.4, -0.2) is 49.9 Å². The van der Waals surface area contributed by atoms with Gasteiger partial charge in [-0.05, 0) is 23.6 Å². The van der Waals surface area contributed by atoms with Crippen LogP contribution in [0.1, 0.15) is 14.5 Å². The first-order chi connectivity index (χ1) is 13.5. The zero-order chi connectivity index (χ0) is 19.6. The number of carbonyl (C=O) groups excluding carboxylic acids is 1. The van der Waals surface area contributed by atoms with Crippen LogP contribution >= 0.6 is 34.0 Å². The minimum Gasteiger partial charge on any atom is -0.379 e. The van der Waals surface area contributed by atoms with E-state index in [0.717, 1.165) is 14.8 Å². The molecule has 28 heavy (non-hydrogen) atoms. The van der Waals surface area contributed by atoms with Gasteiger partial charge in [-0.15, -0.1) is 34.0 Å². The van der Waals surface area contributed by atoms with Gasteiger partial charge in [0.05, 0.1) is 30.8 Å². The molecule has 0 aromatic carbocycles. The summed E-state index contributed by atoms with van der Waals surface area (Å²) in [7, 11) is -3.50. The number of thiophene rings is 2. The number of carbonyl (C=O) groups is 1. The van der Waals surface area contributed by atoms with Gasteiger partial charge in [0.2, 0.25) is 0 Å². The molecule has 1 amide bonds. The van der Waals surface area contributed by atoms with E-state index in [1.165, 1.54) is 27.0 Å². The topological polar surface area (TPSA) is 88.6 Å². The fraction of sp³-hybridized carbons (Fsp3) is 0.294. The maximum absolute atomic E-state index is 12.7. The second-order valence-corrected chi connectivity index (χ2v) is 11.2. The Kier molecular flexibility index (Phi) is 5.90. The van der Waals surface area contributed by atoms with E-state index >= 15 is 0 Å². The van der Waals surface area contributed by atoms with Gasteiger partial charge < -0.3 is 10.1 Å². The molecule has 148 valence electrons. The molecule has 0 saturated carbocycles. The number of rotatable bonds is 6. The van der Waals surface area contributed by atoms with E-state index in [2.05, 4.69) is 10.3 Å². The molecule has 1 N–H and O–H groups in total. The van der Waals surface area contributed by atoms with Gasteiger partial charge >= 0.3 is 0 Å². The van der Waals surface area contributed by atoms with Gasteiger partial charge in [-0.25, -0.2) is 13.4 Å². The lowest BCUT2D eigenvalue weighted by Gasteiger charge is -2.25.